The van der Waals surface area contributed by atoms with E-state index < -0.39 is 0 Å². The van der Waals surface area contributed by atoms with Crippen molar-refractivity contribution in [3.05, 3.63) is 54.2 Å². The molecular formula is C19H25N5O. The van der Waals surface area contributed by atoms with Gasteiger partial charge in [-0.05, 0) is 24.1 Å². The van der Waals surface area contributed by atoms with Crippen molar-refractivity contribution >= 4 is 11.6 Å². The largest absolute Gasteiger partial charge is 0.481 e. The summed E-state index contributed by atoms with van der Waals surface area (Å²) in [6.45, 7) is 2.71. The normalized spacial score (nSPS) is 17.4. The van der Waals surface area contributed by atoms with Crippen molar-refractivity contribution in [1.82, 2.24) is 15.6 Å². The molecule has 1 atom stereocenters. The molecule has 0 radical (unpaired) electrons. The Labute approximate surface area is 148 Å². The molecule has 1 unspecified atom stereocenters. The first-order valence-corrected chi connectivity index (χ1v) is 8.54. The standard InChI is InChI=1S/C19H25N5O/c1-20-19(22-13-15-8-9-18(25-2)21-12-15)23-16-10-11-24(14-16)17-6-4-3-5-7-17/h3-9,12,16H,10-11,13-14H2,1-2H3,(H2,20,22,23). The molecule has 1 saturated heterocycles. The van der Waals surface area contributed by atoms with Crippen LogP contribution in [0.25, 0.3) is 0 Å². The van der Waals surface area contributed by atoms with Gasteiger partial charge in [0.05, 0.1) is 7.11 Å². The van der Waals surface area contributed by atoms with Crippen LogP contribution in [0.1, 0.15) is 12.0 Å². The van der Waals surface area contributed by atoms with Crippen molar-refractivity contribution in [1.29, 1.82) is 0 Å². The number of pyridine rings is 1. The van der Waals surface area contributed by atoms with Gasteiger partial charge in [0.1, 0.15) is 0 Å². The van der Waals surface area contributed by atoms with Gasteiger partial charge in [-0.2, -0.15) is 0 Å². The molecule has 0 bridgehead atoms. The van der Waals surface area contributed by atoms with Crippen molar-refractivity contribution in [2.75, 3.05) is 32.1 Å². The number of nitrogens with zero attached hydrogens (tertiary/aromatic N) is 3. The first kappa shape index (κ1) is 17.1. The summed E-state index contributed by atoms with van der Waals surface area (Å²) in [5.41, 5.74) is 2.36. The summed E-state index contributed by atoms with van der Waals surface area (Å²) in [4.78, 5) is 10.9. The first-order chi connectivity index (χ1) is 12.3. The van der Waals surface area contributed by atoms with Crippen LogP contribution in [-0.4, -0.2) is 44.2 Å². The minimum atomic E-state index is 0.389. The zero-order chi connectivity index (χ0) is 17.5. The summed E-state index contributed by atoms with van der Waals surface area (Å²) in [6.07, 6.45) is 2.91. The SMILES string of the molecule is CN=C(NCc1ccc(OC)nc1)NC1CCN(c2ccccc2)C1. The number of aromatic nitrogens is 1. The number of benzene rings is 1. The summed E-state index contributed by atoms with van der Waals surface area (Å²) in [7, 11) is 3.41. The molecule has 0 spiro atoms. The van der Waals surface area contributed by atoms with Gasteiger partial charge in [-0.1, -0.05) is 24.3 Å². The highest BCUT2D eigenvalue weighted by Crippen LogP contribution is 2.19. The molecule has 1 fully saturated rings. The van der Waals surface area contributed by atoms with Gasteiger partial charge in [0.2, 0.25) is 5.88 Å². The van der Waals surface area contributed by atoms with Crippen molar-refractivity contribution in [3.8, 4) is 5.88 Å². The van der Waals surface area contributed by atoms with Crippen molar-refractivity contribution < 1.29 is 4.74 Å². The van der Waals surface area contributed by atoms with E-state index in [1.807, 2.05) is 18.3 Å². The second-order valence-electron chi connectivity index (χ2n) is 6.05. The molecule has 132 valence electrons. The highest BCUT2D eigenvalue weighted by atomic mass is 16.5. The number of guanidine groups is 1. The second-order valence-corrected chi connectivity index (χ2v) is 6.05. The molecule has 6 heteroatoms. The molecule has 0 amide bonds. The number of ether oxygens (including phenoxy) is 1. The quantitative estimate of drug-likeness (QED) is 0.645. The monoisotopic (exact) mass is 339 g/mol. The number of hydrogen-bond acceptors (Lipinski definition) is 4. The van der Waals surface area contributed by atoms with E-state index in [-0.39, 0.29) is 0 Å². The van der Waals surface area contributed by atoms with Crippen LogP contribution >= 0.6 is 0 Å². The lowest BCUT2D eigenvalue weighted by atomic mass is 10.2. The second kappa shape index (κ2) is 8.37. The van der Waals surface area contributed by atoms with E-state index in [4.69, 9.17) is 4.74 Å². The number of para-hydroxylation sites is 1. The highest BCUT2D eigenvalue weighted by molar-refractivity contribution is 5.80. The molecule has 3 rings (SSSR count). The van der Waals surface area contributed by atoms with Crippen molar-refractivity contribution in [2.24, 2.45) is 4.99 Å². The Balaban J connectivity index is 1.49. The Morgan fingerprint density at radius 3 is 2.80 bits per heavy atom. The van der Waals surface area contributed by atoms with Gasteiger partial charge in [0.25, 0.3) is 0 Å². The van der Waals surface area contributed by atoms with E-state index in [9.17, 15) is 0 Å². The molecule has 1 aromatic heterocycles. The summed E-state index contributed by atoms with van der Waals surface area (Å²) < 4.78 is 5.08. The van der Waals surface area contributed by atoms with Gasteiger partial charge in [0, 0.05) is 50.7 Å². The lowest BCUT2D eigenvalue weighted by molar-refractivity contribution is 0.397. The first-order valence-electron chi connectivity index (χ1n) is 8.54. The molecule has 2 aromatic rings. The minimum Gasteiger partial charge on any atom is -0.481 e. The van der Waals surface area contributed by atoms with E-state index in [2.05, 4.69) is 55.8 Å². The lowest BCUT2D eigenvalue weighted by Gasteiger charge is -2.20. The average Bonchev–Trinajstić information content (AvgIpc) is 3.15. The number of hydrogen-bond donors (Lipinski definition) is 2. The molecular weight excluding hydrogens is 314 g/mol. The van der Waals surface area contributed by atoms with E-state index in [0.29, 0.717) is 18.5 Å². The molecule has 6 nitrogen and oxygen atoms in total. The minimum absolute atomic E-state index is 0.389. The predicted octanol–water partition coefficient (Wildman–Crippen LogP) is 2.03. The van der Waals surface area contributed by atoms with E-state index in [0.717, 1.165) is 31.0 Å². The van der Waals surface area contributed by atoms with Crippen molar-refractivity contribution in [3.63, 3.8) is 0 Å². The molecule has 1 aliphatic rings. The van der Waals surface area contributed by atoms with E-state index >= 15 is 0 Å². The van der Waals surface area contributed by atoms with Crippen LogP contribution in [0.5, 0.6) is 5.88 Å². The van der Waals surface area contributed by atoms with Crippen LogP contribution in [0.2, 0.25) is 0 Å². The summed E-state index contributed by atoms with van der Waals surface area (Å²) in [5, 5.41) is 6.85. The molecule has 2 N–H and O–H groups in total. The summed E-state index contributed by atoms with van der Waals surface area (Å²) in [6, 6.07) is 14.8. The Kier molecular flexibility index (Phi) is 5.72. The Bertz CT molecular complexity index is 687. The predicted molar refractivity (Wildman–Crippen MR) is 101 cm³/mol. The molecule has 1 aromatic carbocycles. The van der Waals surface area contributed by atoms with Crippen LogP contribution < -0.4 is 20.3 Å². The van der Waals surface area contributed by atoms with Gasteiger partial charge in [-0.25, -0.2) is 4.98 Å². The Morgan fingerprint density at radius 1 is 1.28 bits per heavy atom. The Morgan fingerprint density at radius 2 is 2.12 bits per heavy atom. The zero-order valence-electron chi connectivity index (χ0n) is 14.8. The maximum Gasteiger partial charge on any atom is 0.212 e. The average molecular weight is 339 g/mol. The van der Waals surface area contributed by atoms with Gasteiger partial charge in [-0.3, -0.25) is 4.99 Å². The third-order valence-corrected chi connectivity index (χ3v) is 4.34. The zero-order valence-corrected chi connectivity index (χ0v) is 14.8. The van der Waals surface area contributed by atoms with Crippen LogP contribution in [0.4, 0.5) is 5.69 Å². The number of rotatable bonds is 5. The maximum absolute atomic E-state index is 5.08. The third kappa shape index (κ3) is 4.62. The van der Waals surface area contributed by atoms with Crippen LogP contribution in [-0.2, 0) is 6.54 Å². The number of anilines is 1. The van der Waals surface area contributed by atoms with Crippen LogP contribution in [0.3, 0.4) is 0 Å². The number of nitrogens with one attached hydrogen (secondary N) is 2. The van der Waals surface area contributed by atoms with Gasteiger partial charge < -0.3 is 20.3 Å². The fourth-order valence-electron chi connectivity index (χ4n) is 2.96. The lowest BCUT2D eigenvalue weighted by Crippen LogP contribution is -2.44. The molecule has 2 heterocycles. The van der Waals surface area contributed by atoms with E-state index in [1.165, 1.54) is 5.69 Å². The number of aliphatic imine (C=N–C) groups is 1. The number of methoxy groups -OCH3 is 1. The smallest absolute Gasteiger partial charge is 0.212 e. The fraction of sp³-hybridized carbons (Fsp3) is 0.368. The molecule has 25 heavy (non-hydrogen) atoms. The topological polar surface area (TPSA) is 61.8 Å². The molecule has 1 aliphatic heterocycles. The van der Waals surface area contributed by atoms with E-state index in [1.54, 1.807) is 14.2 Å². The van der Waals surface area contributed by atoms with Crippen LogP contribution in [0, 0.1) is 0 Å². The van der Waals surface area contributed by atoms with Crippen LogP contribution in [0.15, 0.2) is 53.7 Å². The molecule has 0 saturated carbocycles. The van der Waals surface area contributed by atoms with Crippen molar-refractivity contribution in [2.45, 2.75) is 19.0 Å². The third-order valence-electron chi connectivity index (χ3n) is 4.34. The maximum atomic E-state index is 5.08. The molecule has 0 aliphatic carbocycles. The summed E-state index contributed by atoms with van der Waals surface area (Å²) >= 11 is 0. The Hall–Kier alpha value is -2.76. The summed E-state index contributed by atoms with van der Waals surface area (Å²) in [5.74, 6) is 1.44. The van der Waals surface area contributed by atoms with Gasteiger partial charge in [0.15, 0.2) is 5.96 Å². The van der Waals surface area contributed by atoms with Gasteiger partial charge in [-0.15, -0.1) is 0 Å². The highest BCUT2D eigenvalue weighted by Gasteiger charge is 2.23. The van der Waals surface area contributed by atoms with Gasteiger partial charge >= 0.3 is 0 Å². The fourth-order valence-corrected chi connectivity index (χ4v) is 2.96.